The second kappa shape index (κ2) is 22.0. The van der Waals surface area contributed by atoms with Crippen LogP contribution in [0, 0.1) is 20.8 Å². The third-order valence-electron chi connectivity index (χ3n) is 9.04. The Morgan fingerprint density at radius 3 is 1.72 bits per heavy atom. The number of rotatable bonds is 23. The van der Waals surface area contributed by atoms with Gasteiger partial charge in [-0.15, -0.1) is 0 Å². The summed E-state index contributed by atoms with van der Waals surface area (Å²) in [5.41, 5.74) is 5.60. The summed E-state index contributed by atoms with van der Waals surface area (Å²) >= 11 is 4.45. The van der Waals surface area contributed by atoms with Crippen LogP contribution in [-0.4, -0.2) is 19.5 Å². The summed E-state index contributed by atoms with van der Waals surface area (Å²) in [7, 11) is 0. The molecule has 3 aromatic rings. The van der Waals surface area contributed by atoms with Gasteiger partial charge in [-0.2, -0.15) is 0 Å². The fraction of sp³-hybridized carbons (Fsp3) is 0.524. The molecule has 3 aromatic carbocycles. The van der Waals surface area contributed by atoms with Crippen molar-refractivity contribution in [1.82, 2.24) is 0 Å². The Morgan fingerprint density at radius 2 is 1.15 bits per heavy atom. The molecule has 0 heterocycles. The smallest absolute Gasteiger partial charge is 0.181 e. The SMILES string of the molecule is CCCCCOC(CCCCC/C=C\CCCc1cccc([P+](Br)(c2ccccc2C)c2ccccc2C)c1C)OCCCCC. The van der Waals surface area contributed by atoms with Gasteiger partial charge in [0.25, 0.3) is 0 Å². The number of allylic oxidation sites excluding steroid dienone is 2. The number of aryl methyl sites for hydroxylation is 3. The zero-order chi connectivity index (χ0) is 33.0. The van der Waals surface area contributed by atoms with E-state index in [1.165, 1.54) is 89.5 Å². The molecule has 0 aliphatic rings. The van der Waals surface area contributed by atoms with E-state index in [2.05, 4.69) is 129 Å². The first-order chi connectivity index (χ1) is 22.4. The Hall–Kier alpha value is -1.77. The minimum absolute atomic E-state index is 0.0171. The van der Waals surface area contributed by atoms with Gasteiger partial charge < -0.3 is 9.47 Å². The molecular formula is C42H61BrO2P+. The fourth-order valence-electron chi connectivity index (χ4n) is 6.23. The molecule has 3 rings (SSSR count). The first-order valence-electron chi connectivity index (χ1n) is 18.1. The molecule has 46 heavy (non-hydrogen) atoms. The van der Waals surface area contributed by atoms with Gasteiger partial charge in [0.15, 0.2) is 27.7 Å². The second-order valence-electron chi connectivity index (χ2n) is 12.8. The molecule has 0 aliphatic heterocycles. The average Bonchev–Trinajstić information content (AvgIpc) is 3.06. The predicted molar refractivity (Wildman–Crippen MR) is 208 cm³/mol. The quantitative estimate of drug-likeness (QED) is 0.0423. The highest BCUT2D eigenvalue weighted by molar-refractivity contribution is 9.44. The monoisotopic (exact) mass is 707 g/mol. The molecule has 0 unspecified atom stereocenters. The summed E-state index contributed by atoms with van der Waals surface area (Å²) in [5, 5.41) is 4.29. The van der Waals surface area contributed by atoms with Crippen LogP contribution in [-0.2, 0) is 15.9 Å². The van der Waals surface area contributed by atoms with Gasteiger partial charge in [0, 0.05) is 13.2 Å². The van der Waals surface area contributed by atoms with E-state index in [-0.39, 0.29) is 6.29 Å². The van der Waals surface area contributed by atoms with Gasteiger partial charge >= 0.3 is 0 Å². The van der Waals surface area contributed by atoms with Gasteiger partial charge in [-0.1, -0.05) is 107 Å². The van der Waals surface area contributed by atoms with Crippen molar-refractivity contribution in [3.63, 3.8) is 0 Å². The topological polar surface area (TPSA) is 18.5 Å². The van der Waals surface area contributed by atoms with Crippen LogP contribution in [0.3, 0.4) is 0 Å². The van der Waals surface area contributed by atoms with Crippen molar-refractivity contribution in [3.8, 4) is 0 Å². The van der Waals surface area contributed by atoms with E-state index in [1.807, 2.05) is 0 Å². The van der Waals surface area contributed by atoms with E-state index in [4.69, 9.17) is 9.47 Å². The van der Waals surface area contributed by atoms with Crippen LogP contribution in [0.2, 0.25) is 0 Å². The Bertz CT molecular complexity index is 1240. The van der Waals surface area contributed by atoms with Gasteiger partial charge in [0.2, 0.25) is 0 Å². The maximum atomic E-state index is 6.09. The van der Waals surface area contributed by atoms with Crippen molar-refractivity contribution < 1.29 is 9.47 Å². The van der Waals surface area contributed by atoms with Crippen LogP contribution < -0.4 is 15.9 Å². The molecule has 0 bridgehead atoms. The summed E-state index contributed by atoms with van der Waals surface area (Å²) in [6.45, 7) is 13.0. The lowest BCUT2D eigenvalue weighted by Gasteiger charge is -2.25. The molecule has 0 spiro atoms. The molecule has 0 radical (unpaired) electrons. The molecule has 252 valence electrons. The normalized spacial score (nSPS) is 12.1. The molecule has 2 nitrogen and oxygen atoms in total. The number of halogens is 1. The zero-order valence-corrected chi connectivity index (χ0v) is 32.0. The fourth-order valence-corrected chi connectivity index (χ4v) is 13.1. The van der Waals surface area contributed by atoms with E-state index < -0.39 is 5.96 Å². The van der Waals surface area contributed by atoms with Crippen molar-refractivity contribution in [2.45, 2.75) is 131 Å². The van der Waals surface area contributed by atoms with Crippen LogP contribution in [0.15, 0.2) is 78.9 Å². The lowest BCUT2D eigenvalue weighted by molar-refractivity contribution is -0.148. The minimum Gasteiger partial charge on any atom is -0.353 e. The molecule has 0 amide bonds. The highest BCUT2D eigenvalue weighted by Crippen LogP contribution is 2.64. The van der Waals surface area contributed by atoms with Crippen LogP contribution in [0.4, 0.5) is 0 Å². The van der Waals surface area contributed by atoms with Gasteiger partial charge in [0.05, 0.1) is 0 Å². The Labute approximate surface area is 290 Å². The highest BCUT2D eigenvalue weighted by Gasteiger charge is 2.47. The molecule has 0 N–H and O–H groups in total. The molecule has 0 saturated heterocycles. The molecule has 4 heteroatoms. The lowest BCUT2D eigenvalue weighted by atomic mass is 10.0. The summed E-state index contributed by atoms with van der Waals surface area (Å²) in [6.07, 6.45) is 21.3. The van der Waals surface area contributed by atoms with Gasteiger partial charge in [0.1, 0.15) is 15.9 Å². The Kier molecular flexibility index (Phi) is 18.5. The van der Waals surface area contributed by atoms with Gasteiger partial charge in [-0.3, -0.25) is 0 Å². The lowest BCUT2D eigenvalue weighted by Crippen LogP contribution is -2.31. The maximum Gasteiger partial charge on any atom is 0.181 e. The molecule has 0 fully saturated rings. The molecule has 0 aromatic heterocycles. The molecule has 0 aliphatic carbocycles. The zero-order valence-electron chi connectivity index (χ0n) is 29.5. The first-order valence-corrected chi connectivity index (χ1v) is 21.9. The Balaban J connectivity index is 1.49. The average molecular weight is 709 g/mol. The third-order valence-corrected chi connectivity index (χ3v) is 16.0. The van der Waals surface area contributed by atoms with Crippen LogP contribution in [0.25, 0.3) is 0 Å². The van der Waals surface area contributed by atoms with E-state index >= 15 is 0 Å². The van der Waals surface area contributed by atoms with Crippen molar-refractivity contribution in [1.29, 1.82) is 0 Å². The summed E-state index contributed by atoms with van der Waals surface area (Å²) in [5.74, 6) is -1.97. The number of hydrogen-bond donors (Lipinski definition) is 0. The number of hydrogen-bond acceptors (Lipinski definition) is 2. The van der Waals surface area contributed by atoms with E-state index in [0.29, 0.717) is 0 Å². The third kappa shape index (κ3) is 12.0. The van der Waals surface area contributed by atoms with Crippen LogP contribution in [0.1, 0.15) is 120 Å². The largest absolute Gasteiger partial charge is 0.353 e. The summed E-state index contributed by atoms with van der Waals surface area (Å²) in [6, 6.07) is 24.8. The molecular weight excluding hydrogens is 647 g/mol. The number of unbranched alkanes of at least 4 members (excludes halogenated alkanes) is 8. The first kappa shape index (κ1) is 38.7. The number of benzene rings is 3. The maximum absolute atomic E-state index is 6.09. The van der Waals surface area contributed by atoms with E-state index in [0.717, 1.165) is 51.7 Å². The van der Waals surface area contributed by atoms with E-state index in [1.54, 1.807) is 0 Å². The van der Waals surface area contributed by atoms with Crippen molar-refractivity contribution in [2.75, 3.05) is 13.2 Å². The van der Waals surface area contributed by atoms with Crippen LogP contribution in [0.5, 0.6) is 0 Å². The molecule has 0 atom stereocenters. The van der Waals surface area contributed by atoms with Crippen molar-refractivity contribution in [2.24, 2.45) is 0 Å². The summed E-state index contributed by atoms with van der Waals surface area (Å²) in [4.78, 5) is 0. The van der Waals surface area contributed by atoms with Gasteiger partial charge in [-0.25, -0.2) is 0 Å². The minimum atomic E-state index is -1.97. The van der Waals surface area contributed by atoms with Crippen molar-refractivity contribution in [3.05, 3.63) is 101 Å². The summed E-state index contributed by atoms with van der Waals surface area (Å²) < 4.78 is 12.2. The van der Waals surface area contributed by atoms with Crippen molar-refractivity contribution >= 4 is 37.4 Å². The van der Waals surface area contributed by atoms with E-state index in [9.17, 15) is 0 Å². The van der Waals surface area contributed by atoms with Gasteiger partial charge in [-0.05, 0) is 119 Å². The standard InChI is InChI=1S/C42H61BrO2P/c1-6-8-22-33-44-42(45-34-23-9-7-2)32-17-15-13-11-10-12-14-16-27-38-28-24-31-41(37(38)5)46(43,39-29-20-18-25-35(39)3)40-30-21-19-26-36(40)4/h10,12,18-21,24-26,28-31,42H,6-9,11,13-17,22-23,27,32-34H2,1-5H3/q+1/b12-10-. The number of ether oxygens (including phenoxy) is 2. The van der Waals surface area contributed by atoms with Crippen LogP contribution >= 0.6 is 21.5 Å². The highest BCUT2D eigenvalue weighted by atomic mass is 79.9. The Morgan fingerprint density at radius 1 is 0.609 bits per heavy atom. The predicted octanol–water partition coefficient (Wildman–Crippen LogP) is 11.8. The second-order valence-corrected chi connectivity index (χ2v) is 18.6. The molecule has 0 saturated carbocycles.